The number of halogens is 1. The fraction of sp³-hybridized carbons (Fsp3) is 0.188. The molecule has 2 rings (SSSR count). The van der Waals surface area contributed by atoms with Crippen molar-refractivity contribution in [2.24, 2.45) is 0 Å². The van der Waals surface area contributed by atoms with Gasteiger partial charge in [0.1, 0.15) is 5.75 Å². The molecule has 0 saturated carbocycles. The van der Waals surface area contributed by atoms with E-state index in [9.17, 15) is 0 Å². The minimum absolute atomic E-state index is 0.0906. The van der Waals surface area contributed by atoms with Crippen LogP contribution in [0.15, 0.2) is 48.5 Å². The molecule has 2 aromatic rings. The van der Waals surface area contributed by atoms with E-state index < -0.39 is 0 Å². The molecule has 0 aliphatic heterocycles. The minimum atomic E-state index is 0.0906. The number of ether oxygens (including phenoxy) is 1. The van der Waals surface area contributed by atoms with E-state index in [-0.39, 0.29) is 6.04 Å². The lowest BCUT2D eigenvalue weighted by Gasteiger charge is -2.17. The van der Waals surface area contributed by atoms with Gasteiger partial charge >= 0.3 is 0 Å². The van der Waals surface area contributed by atoms with Crippen molar-refractivity contribution in [2.75, 3.05) is 12.4 Å². The Balaban J connectivity index is 1.96. The Bertz CT molecular complexity index is 616. The highest BCUT2D eigenvalue weighted by Crippen LogP contribution is 2.18. The fourth-order valence-electron chi connectivity index (χ4n) is 1.90. The molecule has 0 saturated heterocycles. The molecule has 0 aromatic heterocycles. The lowest BCUT2D eigenvalue weighted by atomic mass is 10.1. The summed E-state index contributed by atoms with van der Waals surface area (Å²) in [5, 5.41) is 7.67. The molecule has 0 spiro atoms. The maximum atomic E-state index is 5.89. The number of hydrogen-bond acceptors (Lipinski definition) is 2. The van der Waals surface area contributed by atoms with Gasteiger partial charge in [-0.15, -0.1) is 0 Å². The quantitative estimate of drug-likeness (QED) is 0.818. The van der Waals surface area contributed by atoms with Gasteiger partial charge < -0.3 is 15.4 Å². The molecule has 0 radical (unpaired) electrons. The normalized spacial score (nSPS) is 11.6. The first-order valence-corrected chi connectivity index (χ1v) is 7.34. The van der Waals surface area contributed by atoms with Crippen LogP contribution in [0.3, 0.4) is 0 Å². The van der Waals surface area contributed by atoms with Crippen LogP contribution in [-0.2, 0) is 0 Å². The highest BCUT2D eigenvalue weighted by atomic mass is 35.5. The zero-order chi connectivity index (χ0) is 15.2. The summed E-state index contributed by atoms with van der Waals surface area (Å²) < 4.78 is 5.18. The first kappa shape index (κ1) is 15.6. The number of hydrogen-bond donors (Lipinski definition) is 2. The number of thiocarbonyl (C=S) groups is 1. The largest absolute Gasteiger partial charge is 0.497 e. The number of anilines is 1. The second kappa shape index (κ2) is 7.29. The van der Waals surface area contributed by atoms with E-state index in [2.05, 4.69) is 10.6 Å². The van der Waals surface area contributed by atoms with Crippen LogP contribution in [0.5, 0.6) is 5.75 Å². The number of methoxy groups -OCH3 is 1. The van der Waals surface area contributed by atoms with Crippen molar-refractivity contribution in [3.63, 3.8) is 0 Å². The highest BCUT2D eigenvalue weighted by Gasteiger charge is 2.07. The molecular weight excluding hydrogens is 304 g/mol. The fourth-order valence-corrected chi connectivity index (χ4v) is 2.32. The second-order valence-electron chi connectivity index (χ2n) is 4.60. The van der Waals surface area contributed by atoms with E-state index in [4.69, 9.17) is 28.6 Å². The zero-order valence-electron chi connectivity index (χ0n) is 11.9. The molecule has 0 amide bonds. The third kappa shape index (κ3) is 4.62. The van der Waals surface area contributed by atoms with Crippen molar-refractivity contribution in [3.8, 4) is 5.75 Å². The Hall–Kier alpha value is -1.78. The van der Waals surface area contributed by atoms with Crippen LogP contribution in [0.25, 0.3) is 0 Å². The monoisotopic (exact) mass is 320 g/mol. The molecule has 0 aliphatic carbocycles. The average Bonchev–Trinajstić information content (AvgIpc) is 2.47. The van der Waals surface area contributed by atoms with Gasteiger partial charge in [0.25, 0.3) is 0 Å². The van der Waals surface area contributed by atoms with Crippen molar-refractivity contribution in [1.29, 1.82) is 0 Å². The molecule has 21 heavy (non-hydrogen) atoms. The Morgan fingerprint density at radius 2 is 1.90 bits per heavy atom. The molecule has 0 aliphatic rings. The summed E-state index contributed by atoms with van der Waals surface area (Å²) in [6, 6.07) is 15.4. The maximum Gasteiger partial charge on any atom is 0.171 e. The van der Waals surface area contributed by atoms with Gasteiger partial charge in [0.15, 0.2) is 5.11 Å². The predicted molar refractivity (Wildman–Crippen MR) is 92.2 cm³/mol. The highest BCUT2D eigenvalue weighted by molar-refractivity contribution is 7.80. The van der Waals surface area contributed by atoms with E-state index >= 15 is 0 Å². The predicted octanol–water partition coefficient (Wildman–Crippen LogP) is 4.40. The molecule has 0 bridgehead atoms. The van der Waals surface area contributed by atoms with Crippen LogP contribution in [0.1, 0.15) is 18.5 Å². The summed E-state index contributed by atoms with van der Waals surface area (Å²) in [5.41, 5.74) is 2.00. The van der Waals surface area contributed by atoms with Crippen molar-refractivity contribution < 1.29 is 4.74 Å². The molecule has 0 heterocycles. The Morgan fingerprint density at radius 1 is 1.19 bits per heavy atom. The maximum absolute atomic E-state index is 5.89. The van der Waals surface area contributed by atoms with Gasteiger partial charge in [-0.3, -0.25) is 0 Å². The van der Waals surface area contributed by atoms with Gasteiger partial charge in [0.2, 0.25) is 0 Å². The number of benzene rings is 2. The van der Waals surface area contributed by atoms with Crippen LogP contribution >= 0.6 is 23.8 Å². The van der Waals surface area contributed by atoms with Crippen molar-refractivity contribution in [1.82, 2.24) is 5.32 Å². The van der Waals surface area contributed by atoms with Gasteiger partial charge in [-0.25, -0.2) is 0 Å². The summed E-state index contributed by atoms with van der Waals surface area (Å²) in [4.78, 5) is 0. The number of rotatable bonds is 4. The summed E-state index contributed by atoms with van der Waals surface area (Å²) in [6.45, 7) is 2.04. The van der Waals surface area contributed by atoms with Crippen LogP contribution in [0.4, 0.5) is 5.69 Å². The zero-order valence-corrected chi connectivity index (χ0v) is 13.5. The second-order valence-corrected chi connectivity index (χ2v) is 5.45. The van der Waals surface area contributed by atoms with E-state index in [0.29, 0.717) is 5.11 Å². The molecule has 2 N–H and O–H groups in total. The van der Waals surface area contributed by atoms with E-state index in [1.54, 1.807) is 7.11 Å². The first-order chi connectivity index (χ1) is 10.1. The summed E-state index contributed by atoms with van der Waals surface area (Å²) in [7, 11) is 1.64. The molecular formula is C16H17ClN2OS. The Kier molecular flexibility index (Phi) is 5.42. The van der Waals surface area contributed by atoms with Gasteiger partial charge in [-0.05, 0) is 49.0 Å². The van der Waals surface area contributed by atoms with Crippen LogP contribution < -0.4 is 15.4 Å². The molecule has 0 fully saturated rings. The molecule has 110 valence electrons. The van der Waals surface area contributed by atoms with Crippen LogP contribution in [-0.4, -0.2) is 12.2 Å². The molecule has 1 atom stereocenters. The van der Waals surface area contributed by atoms with Crippen LogP contribution in [0.2, 0.25) is 5.02 Å². The van der Waals surface area contributed by atoms with Crippen LogP contribution in [0, 0.1) is 0 Å². The topological polar surface area (TPSA) is 33.3 Å². The van der Waals surface area contributed by atoms with E-state index in [1.165, 1.54) is 0 Å². The summed E-state index contributed by atoms with van der Waals surface area (Å²) in [6.07, 6.45) is 0. The average molecular weight is 321 g/mol. The Labute approximate surface area is 135 Å². The van der Waals surface area contributed by atoms with E-state index in [1.807, 2.05) is 55.5 Å². The summed E-state index contributed by atoms with van der Waals surface area (Å²) in [5.74, 6) is 0.786. The third-order valence-electron chi connectivity index (χ3n) is 3.05. The third-order valence-corrected chi connectivity index (χ3v) is 3.52. The van der Waals surface area contributed by atoms with Gasteiger partial charge in [0, 0.05) is 16.8 Å². The van der Waals surface area contributed by atoms with Crippen molar-refractivity contribution in [2.45, 2.75) is 13.0 Å². The lowest BCUT2D eigenvalue weighted by molar-refractivity contribution is 0.415. The molecule has 3 nitrogen and oxygen atoms in total. The first-order valence-electron chi connectivity index (χ1n) is 6.55. The van der Waals surface area contributed by atoms with Gasteiger partial charge in [-0.2, -0.15) is 0 Å². The minimum Gasteiger partial charge on any atom is -0.497 e. The molecule has 2 aromatic carbocycles. The van der Waals surface area contributed by atoms with Crippen molar-refractivity contribution >= 4 is 34.6 Å². The van der Waals surface area contributed by atoms with Gasteiger partial charge in [-0.1, -0.05) is 29.8 Å². The lowest BCUT2D eigenvalue weighted by Crippen LogP contribution is -2.30. The van der Waals surface area contributed by atoms with E-state index in [0.717, 1.165) is 22.0 Å². The Morgan fingerprint density at radius 3 is 2.57 bits per heavy atom. The standard InChI is InChI=1S/C16H17ClN2OS/c1-11(12-6-8-13(17)9-7-12)18-16(21)19-14-4-3-5-15(10-14)20-2/h3-11H,1-2H3,(H2,18,19,21)/t11-/m1/s1. The smallest absolute Gasteiger partial charge is 0.171 e. The number of nitrogens with one attached hydrogen (secondary N) is 2. The molecule has 5 heteroatoms. The van der Waals surface area contributed by atoms with Gasteiger partial charge in [0.05, 0.1) is 13.2 Å². The molecule has 0 unspecified atom stereocenters. The SMILES string of the molecule is COc1cccc(NC(=S)N[C@H](C)c2ccc(Cl)cc2)c1. The summed E-state index contributed by atoms with van der Waals surface area (Å²) >= 11 is 11.2. The van der Waals surface area contributed by atoms with Crippen molar-refractivity contribution in [3.05, 3.63) is 59.1 Å².